The third-order valence-electron chi connectivity index (χ3n) is 7.84. The molecule has 8 heteroatoms. The Morgan fingerprint density at radius 1 is 1.03 bits per heavy atom. The van der Waals surface area contributed by atoms with E-state index in [0.717, 1.165) is 38.2 Å². The van der Waals surface area contributed by atoms with E-state index in [1.165, 1.54) is 37.8 Å². The van der Waals surface area contributed by atoms with Gasteiger partial charge in [0, 0.05) is 37.1 Å². The van der Waals surface area contributed by atoms with Crippen LogP contribution in [0.3, 0.4) is 0 Å². The van der Waals surface area contributed by atoms with Crippen LogP contribution in [0.2, 0.25) is 0 Å². The van der Waals surface area contributed by atoms with E-state index in [9.17, 15) is 4.79 Å². The molecule has 8 nitrogen and oxygen atoms in total. The summed E-state index contributed by atoms with van der Waals surface area (Å²) < 4.78 is 0. The second-order valence-corrected chi connectivity index (χ2v) is 10.0. The first kappa shape index (κ1) is 20.4. The highest BCUT2D eigenvalue weighted by Crippen LogP contribution is 2.53. The maximum atomic E-state index is 12.6. The van der Waals surface area contributed by atoms with Crippen molar-refractivity contribution in [2.75, 3.05) is 34.8 Å². The molecule has 2 N–H and O–H groups in total. The maximum absolute atomic E-state index is 12.6. The molecule has 1 aromatic carbocycles. The second kappa shape index (κ2) is 8.01. The molecule has 6 rings (SSSR count). The minimum Gasteiger partial charge on any atom is -0.371 e. The molecule has 3 aromatic rings. The number of rotatable bonds is 4. The zero-order chi connectivity index (χ0) is 22.4. The van der Waals surface area contributed by atoms with Gasteiger partial charge in [0.25, 0.3) is 5.56 Å². The molecule has 2 aliphatic heterocycles. The quantitative estimate of drug-likeness (QED) is 0.621. The number of anilines is 4. The Hall–Kier alpha value is -3.16. The first-order valence-corrected chi connectivity index (χ1v) is 12.2. The molecular weight excluding hydrogens is 414 g/mol. The summed E-state index contributed by atoms with van der Waals surface area (Å²) in [6, 6.07) is 8.84. The molecule has 0 radical (unpaired) electrons. The van der Waals surface area contributed by atoms with Crippen molar-refractivity contribution in [2.45, 2.75) is 57.9 Å². The highest BCUT2D eigenvalue weighted by Gasteiger charge is 2.44. The Morgan fingerprint density at radius 2 is 1.82 bits per heavy atom. The van der Waals surface area contributed by atoms with Crippen LogP contribution in [0.15, 0.2) is 35.3 Å². The average molecular weight is 446 g/mol. The van der Waals surface area contributed by atoms with Gasteiger partial charge >= 0.3 is 0 Å². The number of hydrogen-bond donors (Lipinski definition) is 2. The monoisotopic (exact) mass is 445 g/mol. The van der Waals surface area contributed by atoms with E-state index in [2.05, 4.69) is 56.5 Å². The normalized spacial score (nSPS) is 22.0. The molecule has 1 aliphatic carbocycles. The van der Waals surface area contributed by atoms with Gasteiger partial charge in [-0.15, -0.1) is 0 Å². The summed E-state index contributed by atoms with van der Waals surface area (Å²) >= 11 is 0. The molecule has 4 heterocycles. The summed E-state index contributed by atoms with van der Waals surface area (Å²) in [4.78, 5) is 26.8. The van der Waals surface area contributed by atoms with Crippen molar-refractivity contribution in [1.29, 1.82) is 0 Å². The predicted molar refractivity (Wildman–Crippen MR) is 131 cm³/mol. The smallest absolute Gasteiger partial charge is 0.277 e. The third kappa shape index (κ3) is 3.92. The number of nitrogens with zero attached hydrogens (tertiary/aromatic N) is 5. The molecule has 3 fully saturated rings. The van der Waals surface area contributed by atoms with E-state index in [-0.39, 0.29) is 5.56 Å². The number of fused-ring (bicyclic) bond motifs is 1. The number of piperidine rings is 2. The van der Waals surface area contributed by atoms with Gasteiger partial charge in [-0.05, 0) is 81.5 Å². The van der Waals surface area contributed by atoms with Crippen molar-refractivity contribution in [3.05, 3.63) is 40.8 Å². The van der Waals surface area contributed by atoms with E-state index in [0.29, 0.717) is 34.1 Å². The average Bonchev–Trinajstić information content (AvgIpc) is 3.59. The third-order valence-corrected chi connectivity index (χ3v) is 7.84. The van der Waals surface area contributed by atoms with Crippen molar-refractivity contribution in [2.24, 2.45) is 5.41 Å². The molecule has 33 heavy (non-hydrogen) atoms. The molecule has 2 saturated heterocycles. The zero-order valence-corrected chi connectivity index (χ0v) is 19.2. The van der Waals surface area contributed by atoms with Crippen molar-refractivity contribution >= 4 is 34.0 Å². The van der Waals surface area contributed by atoms with E-state index in [1.807, 2.05) is 0 Å². The number of benzene rings is 1. The van der Waals surface area contributed by atoms with Crippen molar-refractivity contribution in [1.82, 2.24) is 20.2 Å². The van der Waals surface area contributed by atoms with Crippen molar-refractivity contribution in [3.8, 4) is 0 Å². The van der Waals surface area contributed by atoms with Gasteiger partial charge in [-0.3, -0.25) is 4.79 Å². The molecular formula is C25H31N7O. The summed E-state index contributed by atoms with van der Waals surface area (Å²) in [5.74, 6) is 1.18. The molecule has 1 unspecified atom stereocenters. The molecule has 0 amide bonds. The van der Waals surface area contributed by atoms with E-state index in [1.54, 1.807) is 6.20 Å². The van der Waals surface area contributed by atoms with Crippen LogP contribution in [0.25, 0.3) is 10.9 Å². The van der Waals surface area contributed by atoms with Gasteiger partial charge in [0.05, 0.1) is 6.20 Å². The van der Waals surface area contributed by atoms with Crippen LogP contribution in [0.1, 0.15) is 51.9 Å². The lowest BCUT2D eigenvalue weighted by atomic mass is 9.93. The summed E-state index contributed by atoms with van der Waals surface area (Å²) in [5, 5.41) is 10.3. The van der Waals surface area contributed by atoms with E-state index >= 15 is 0 Å². The Bertz CT molecular complexity index is 1210. The fraction of sp³-hybridized carbons (Fsp3) is 0.520. The van der Waals surface area contributed by atoms with Gasteiger partial charge in [-0.2, -0.15) is 10.1 Å². The Kier molecular flexibility index (Phi) is 4.96. The fourth-order valence-corrected chi connectivity index (χ4v) is 5.41. The molecule has 3 aliphatic rings. The van der Waals surface area contributed by atoms with Gasteiger partial charge in [-0.25, -0.2) is 10.1 Å². The highest BCUT2D eigenvalue weighted by molar-refractivity contribution is 5.90. The van der Waals surface area contributed by atoms with Crippen LogP contribution in [-0.4, -0.2) is 45.8 Å². The number of aromatic nitrogens is 4. The topological polar surface area (TPSA) is 90.0 Å². The molecule has 1 atom stereocenters. The Balaban J connectivity index is 1.28. The van der Waals surface area contributed by atoms with Gasteiger partial charge in [-0.1, -0.05) is 0 Å². The second-order valence-electron chi connectivity index (χ2n) is 10.0. The van der Waals surface area contributed by atoms with Crippen LogP contribution in [0.5, 0.6) is 0 Å². The first-order chi connectivity index (χ1) is 16.1. The molecule has 172 valence electrons. The van der Waals surface area contributed by atoms with Crippen LogP contribution in [0, 0.1) is 5.41 Å². The van der Waals surface area contributed by atoms with E-state index < -0.39 is 0 Å². The maximum Gasteiger partial charge on any atom is 0.277 e. The SMILES string of the molecule is CC1CCCCN1c1nc(Nc2ccc(N3CCC4(CC3)CC4)cc2)c2c(=O)[nH]ncc2n1. The lowest BCUT2D eigenvalue weighted by molar-refractivity contribution is 0.384. The Labute approximate surface area is 193 Å². The van der Waals surface area contributed by atoms with Gasteiger partial charge in [0.1, 0.15) is 16.7 Å². The van der Waals surface area contributed by atoms with Gasteiger partial charge < -0.3 is 15.1 Å². The Morgan fingerprint density at radius 3 is 2.55 bits per heavy atom. The van der Waals surface area contributed by atoms with Gasteiger partial charge in [0.15, 0.2) is 0 Å². The number of aromatic amines is 1. The molecule has 1 saturated carbocycles. The first-order valence-electron chi connectivity index (χ1n) is 12.2. The number of H-pyrrole nitrogens is 1. The van der Waals surface area contributed by atoms with Crippen LogP contribution < -0.4 is 20.7 Å². The molecule has 2 aromatic heterocycles. The van der Waals surface area contributed by atoms with Gasteiger partial charge in [0.2, 0.25) is 5.95 Å². The summed E-state index contributed by atoms with van der Waals surface area (Å²) in [7, 11) is 0. The number of hydrogen-bond acceptors (Lipinski definition) is 7. The largest absolute Gasteiger partial charge is 0.371 e. The van der Waals surface area contributed by atoms with Crippen LogP contribution in [-0.2, 0) is 0 Å². The van der Waals surface area contributed by atoms with Crippen LogP contribution in [0.4, 0.5) is 23.1 Å². The highest BCUT2D eigenvalue weighted by atomic mass is 16.1. The fourth-order valence-electron chi connectivity index (χ4n) is 5.41. The van der Waals surface area contributed by atoms with Crippen LogP contribution >= 0.6 is 0 Å². The lowest BCUT2D eigenvalue weighted by Gasteiger charge is -2.34. The van der Waals surface area contributed by atoms with E-state index in [4.69, 9.17) is 9.97 Å². The summed E-state index contributed by atoms with van der Waals surface area (Å²) in [5.41, 5.74) is 3.12. The minimum absolute atomic E-state index is 0.285. The summed E-state index contributed by atoms with van der Waals surface area (Å²) in [6.07, 6.45) is 10.5. The zero-order valence-electron chi connectivity index (χ0n) is 19.2. The lowest BCUT2D eigenvalue weighted by Crippen LogP contribution is -2.38. The standard InChI is InChI=1S/C25H31N7O/c1-17-4-2-3-13-32(17)24-28-20-16-26-30-23(33)21(20)22(29-24)27-18-5-7-19(8-6-18)31-14-11-25(9-10-25)12-15-31/h5-8,16-17H,2-4,9-15H2,1H3,(H,30,33)(H,27,28,29). The molecule has 1 spiro atoms. The van der Waals surface area contributed by atoms with Crippen molar-refractivity contribution < 1.29 is 0 Å². The number of nitrogens with one attached hydrogen (secondary N) is 2. The predicted octanol–water partition coefficient (Wildman–Crippen LogP) is 4.22. The molecule has 0 bridgehead atoms. The minimum atomic E-state index is -0.285. The summed E-state index contributed by atoms with van der Waals surface area (Å²) in [6.45, 7) is 5.42. The van der Waals surface area contributed by atoms with Crippen molar-refractivity contribution in [3.63, 3.8) is 0 Å².